The summed E-state index contributed by atoms with van der Waals surface area (Å²) in [6.45, 7) is 1.34. The van der Waals surface area contributed by atoms with Crippen LogP contribution in [0.5, 0.6) is 0 Å². The highest BCUT2D eigenvalue weighted by Crippen LogP contribution is 2.34. The Morgan fingerprint density at radius 3 is 2.18 bits per heavy atom. The van der Waals surface area contributed by atoms with Crippen molar-refractivity contribution in [2.24, 2.45) is 0 Å². The normalized spacial score (nSPS) is 12.1. The summed E-state index contributed by atoms with van der Waals surface area (Å²) in [4.78, 5) is 3.24. The van der Waals surface area contributed by atoms with Gasteiger partial charge in [-0.3, -0.25) is 0 Å². The zero-order valence-electron chi connectivity index (χ0n) is 5.37. The summed E-state index contributed by atoms with van der Waals surface area (Å²) in [6.07, 6.45) is -4.38. The van der Waals surface area contributed by atoms with E-state index in [0.29, 0.717) is 0 Å². The summed E-state index contributed by atoms with van der Waals surface area (Å²) >= 11 is 6.11. The third-order valence-corrected chi connectivity index (χ3v) is 2.11. The van der Waals surface area contributed by atoms with E-state index >= 15 is 0 Å². The van der Waals surface area contributed by atoms with Crippen LogP contribution < -0.4 is 0 Å². The first-order valence-corrected chi connectivity index (χ1v) is 3.81. The lowest BCUT2D eigenvalue weighted by Crippen LogP contribution is -2.06. The van der Waals surface area contributed by atoms with Crippen molar-refractivity contribution in [1.29, 1.82) is 0 Å². The Morgan fingerprint density at radius 2 is 2.00 bits per heavy atom. The molecule has 0 radical (unpaired) electrons. The van der Waals surface area contributed by atoms with Crippen LogP contribution in [0.1, 0.15) is 10.6 Å². The van der Waals surface area contributed by atoms with Crippen molar-refractivity contribution < 1.29 is 13.2 Å². The van der Waals surface area contributed by atoms with Gasteiger partial charge in [0.25, 0.3) is 0 Å². The SMILES string of the molecule is Cc1sc(Cl)nc1C(F)(F)F. The second kappa shape index (κ2) is 2.64. The van der Waals surface area contributed by atoms with E-state index in [-0.39, 0.29) is 9.34 Å². The van der Waals surface area contributed by atoms with Crippen LogP contribution in [-0.4, -0.2) is 4.98 Å². The molecular formula is C5H3ClF3NS. The van der Waals surface area contributed by atoms with Gasteiger partial charge in [-0.25, -0.2) is 4.98 Å². The third kappa shape index (κ3) is 1.84. The van der Waals surface area contributed by atoms with Crippen molar-refractivity contribution in [1.82, 2.24) is 4.98 Å². The lowest BCUT2D eigenvalue weighted by Gasteiger charge is -2.01. The molecule has 11 heavy (non-hydrogen) atoms. The van der Waals surface area contributed by atoms with Crippen molar-refractivity contribution >= 4 is 22.9 Å². The Labute approximate surface area is 69.8 Å². The van der Waals surface area contributed by atoms with Crippen LogP contribution in [0.15, 0.2) is 0 Å². The fraction of sp³-hybridized carbons (Fsp3) is 0.400. The van der Waals surface area contributed by atoms with Crippen molar-refractivity contribution in [2.45, 2.75) is 13.1 Å². The van der Waals surface area contributed by atoms with Crippen LogP contribution in [0.2, 0.25) is 4.47 Å². The highest BCUT2D eigenvalue weighted by atomic mass is 35.5. The fourth-order valence-electron chi connectivity index (χ4n) is 0.627. The lowest BCUT2D eigenvalue weighted by atomic mass is 10.4. The molecule has 0 aliphatic carbocycles. The van der Waals surface area contributed by atoms with E-state index in [4.69, 9.17) is 11.6 Å². The van der Waals surface area contributed by atoms with Crippen LogP contribution in [-0.2, 0) is 6.18 Å². The molecule has 1 heterocycles. The summed E-state index contributed by atoms with van der Waals surface area (Å²) in [5, 5.41) is 0. The van der Waals surface area contributed by atoms with E-state index in [9.17, 15) is 13.2 Å². The average Bonchev–Trinajstić information content (AvgIpc) is 2.08. The number of alkyl halides is 3. The Hall–Kier alpha value is -0.290. The minimum absolute atomic E-state index is 0.0742. The Bertz CT molecular complexity index is 267. The van der Waals surface area contributed by atoms with Gasteiger partial charge >= 0.3 is 6.18 Å². The highest BCUT2D eigenvalue weighted by molar-refractivity contribution is 7.15. The second-order valence-electron chi connectivity index (χ2n) is 1.87. The molecule has 0 saturated carbocycles. The maximum Gasteiger partial charge on any atom is 0.434 e. The van der Waals surface area contributed by atoms with Crippen LogP contribution in [0, 0.1) is 6.92 Å². The number of rotatable bonds is 0. The van der Waals surface area contributed by atoms with Gasteiger partial charge in [0.05, 0.1) is 0 Å². The molecule has 0 fully saturated rings. The van der Waals surface area contributed by atoms with E-state index < -0.39 is 11.9 Å². The molecule has 0 saturated heterocycles. The summed E-state index contributed by atoms with van der Waals surface area (Å²) in [7, 11) is 0. The minimum atomic E-state index is -4.38. The predicted octanol–water partition coefficient (Wildman–Crippen LogP) is 3.12. The van der Waals surface area contributed by atoms with Gasteiger partial charge in [-0.2, -0.15) is 13.2 Å². The van der Waals surface area contributed by atoms with Gasteiger partial charge < -0.3 is 0 Å². The van der Waals surface area contributed by atoms with Crippen LogP contribution >= 0.6 is 22.9 Å². The molecule has 62 valence electrons. The molecule has 0 unspecified atom stereocenters. The zero-order chi connectivity index (χ0) is 8.65. The molecule has 0 amide bonds. The molecule has 1 rings (SSSR count). The fourth-order valence-corrected chi connectivity index (χ4v) is 1.71. The van der Waals surface area contributed by atoms with Crippen molar-refractivity contribution in [3.05, 3.63) is 15.0 Å². The van der Waals surface area contributed by atoms with Crippen LogP contribution in [0.3, 0.4) is 0 Å². The molecule has 0 aliphatic rings. The first-order chi connectivity index (χ1) is 4.91. The van der Waals surface area contributed by atoms with Gasteiger partial charge in [0.15, 0.2) is 10.2 Å². The molecule has 0 atom stereocenters. The molecule has 1 aromatic rings. The number of hydrogen-bond donors (Lipinski definition) is 0. The molecule has 0 aromatic carbocycles. The number of aryl methyl sites for hydroxylation is 1. The van der Waals surface area contributed by atoms with E-state index in [1.807, 2.05) is 0 Å². The van der Waals surface area contributed by atoms with E-state index in [2.05, 4.69) is 4.98 Å². The number of thiazole rings is 1. The van der Waals surface area contributed by atoms with Gasteiger partial charge in [0, 0.05) is 4.88 Å². The molecule has 0 aliphatic heterocycles. The molecule has 6 heteroatoms. The summed E-state index contributed by atoms with van der Waals surface area (Å²) in [5.74, 6) is 0. The highest BCUT2D eigenvalue weighted by Gasteiger charge is 2.35. The number of hydrogen-bond acceptors (Lipinski definition) is 2. The van der Waals surface area contributed by atoms with Crippen molar-refractivity contribution in [3.8, 4) is 0 Å². The molecule has 1 nitrogen and oxygen atoms in total. The van der Waals surface area contributed by atoms with Gasteiger partial charge in [0.2, 0.25) is 0 Å². The monoisotopic (exact) mass is 201 g/mol. The van der Waals surface area contributed by atoms with Gasteiger partial charge in [-0.15, -0.1) is 11.3 Å². The topological polar surface area (TPSA) is 12.9 Å². The van der Waals surface area contributed by atoms with E-state index in [1.165, 1.54) is 6.92 Å². The lowest BCUT2D eigenvalue weighted by molar-refractivity contribution is -0.141. The zero-order valence-corrected chi connectivity index (χ0v) is 6.94. The summed E-state index contributed by atoms with van der Waals surface area (Å²) in [5.41, 5.74) is -0.882. The maximum absolute atomic E-state index is 11.9. The van der Waals surface area contributed by atoms with Crippen LogP contribution in [0.25, 0.3) is 0 Å². The molecule has 0 bridgehead atoms. The molecule has 0 N–H and O–H groups in total. The molecule has 1 aromatic heterocycles. The summed E-state index contributed by atoms with van der Waals surface area (Å²) < 4.78 is 35.8. The average molecular weight is 202 g/mol. The smallest absolute Gasteiger partial charge is 0.220 e. The third-order valence-electron chi connectivity index (χ3n) is 1.04. The Balaban J connectivity index is 3.13. The number of nitrogens with zero attached hydrogens (tertiary/aromatic N) is 1. The Kier molecular flexibility index (Phi) is 2.11. The van der Waals surface area contributed by atoms with Crippen molar-refractivity contribution in [3.63, 3.8) is 0 Å². The second-order valence-corrected chi connectivity index (χ2v) is 3.65. The molecular weight excluding hydrogens is 199 g/mol. The first kappa shape index (κ1) is 8.80. The standard InChI is InChI=1S/C5H3ClF3NS/c1-2-3(5(7,8)9)10-4(6)11-2/h1H3. The number of halogens is 4. The van der Waals surface area contributed by atoms with E-state index in [1.54, 1.807) is 0 Å². The quantitative estimate of drug-likeness (QED) is 0.629. The summed E-state index contributed by atoms with van der Waals surface area (Å²) in [6, 6.07) is 0. The first-order valence-electron chi connectivity index (χ1n) is 2.61. The maximum atomic E-state index is 11.9. The number of aromatic nitrogens is 1. The van der Waals surface area contributed by atoms with E-state index in [0.717, 1.165) is 11.3 Å². The molecule has 0 spiro atoms. The minimum Gasteiger partial charge on any atom is -0.220 e. The van der Waals surface area contributed by atoms with Gasteiger partial charge in [-0.1, -0.05) is 11.6 Å². The Morgan fingerprint density at radius 1 is 1.45 bits per heavy atom. The van der Waals surface area contributed by atoms with Crippen LogP contribution in [0.4, 0.5) is 13.2 Å². The van der Waals surface area contributed by atoms with Crippen molar-refractivity contribution in [2.75, 3.05) is 0 Å². The predicted molar refractivity (Wildman–Crippen MR) is 36.9 cm³/mol. The van der Waals surface area contributed by atoms with Gasteiger partial charge in [-0.05, 0) is 6.92 Å². The van der Waals surface area contributed by atoms with Gasteiger partial charge in [0.1, 0.15) is 0 Å². The largest absolute Gasteiger partial charge is 0.434 e.